The van der Waals surface area contributed by atoms with Gasteiger partial charge in [0.15, 0.2) is 11.6 Å². The van der Waals surface area contributed by atoms with Gasteiger partial charge < -0.3 is 19.3 Å². The highest BCUT2D eigenvalue weighted by Gasteiger charge is 2.53. The molecule has 1 amide bonds. The van der Waals surface area contributed by atoms with Crippen molar-refractivity contribution in [2.45, 2.75) is 30.9 Å². The summed E-state index contributed by atoms with van der Waals surface area (Å²) in [6, 6.07) is 32.9. The number of benzene rings is 4. The van der Waals surface area contributed by atoms with Crippen LogP contribution in [0.1, 0.15) is 34.8 Å². The molecule has 1 heterocycles. The quantitative estimate of drug-likeness (QED) is 0.121. The van der Waals surface area contributed by atoms with Crippen LogP contribution >= 0.6 is 15.9 Å². The van der Waals surface area contributed by atoms with Gasteiger partial charge in [0, 0.05) is 36.0 Å². The average Bonchev–Trinajstić information content (AvgIpc) is 3.45. The van der Waals surface area contributed by atoms with Gasteiger partial charge >= 0.3 is 0 Å². The lowest BCUT2D eigenvalue weighted by molar-refractivity contribution is -0.130. The first-order chi connectivity index (χ1) is 21.5. The van der Waals surface area contributed by atoms with Gasteiger partial charge in [-0.2, -0.15) is 0 Å². The molecule has 4 aromatic rings. The zero-order valence-electron chi connectivity index (χ0n) is 24.5. The van der Waals surface area contributed by atoms with Crippen molar-refractivity contribution in [2.75, 3.05) is 26.9 Å². The molecular weight excluding hydrogens is 622 g/mol. The van der Waals surface area contributed by atoms with E-state index in [-0.39, 0.29) is 12.5 Å². The Hall–Kier alpha value is -4.18. The van der Waals surface area contributed by atoms with Crippen LogP contribution in [-0.2, 0) is 22.4 Å². The number of amides is 1. The van der Waals surface area contributed by atoms with Crippen LogP contribution in [0.4, 0.5) is 0 Å². The monoisotopic (exact) mass is 657 g/mol. The van der Waals surface area contributed by atoms with Crippen molar-refractivity contribution in [3.63, 3.8) is 0 Å². The summed E-state index contributed by atoms with van der Waals surface area (Å²) in [5.74, 6) is 1.56. The van der Waals surface area contributed by atoms with Crippen LogP contribution < -0.4 is 20.3 Å². The Balaban J connectivity index is 1.44. The van der Waals surface area contributed by atoms with Crippen LogP contribution in [0.5, 0.6) is 11.5 Å². The van der Waals surface area contributed by atoms with Crippen molar-refractivity contribution in [3.8, 4) is 11.5 Å². The lowest BCUT2D eigenvalue weighted by Crippen LogP contribution is -2.54. The first kappa shape index (κ1) is 31.3. The number of nitrogens with one attached hydrogen (secondary N) is 2. The van der Waals surface area contributed by atoms with E-state index in [1.54, 1.807) is 7.11 Å². The predicted molar refractivity (Wildman–Crippen MR) is 174 cm³/mol. The van der Waals surface area contributed by atoms with E-state index in [9.17, 15) is 4.79 Å². The molecule has 8 nitrogen and oxygen atoms in total. The molecule has 2 atom stereocenters. The summed E-state index contributed by atoms with van der Waals surface area (Å²) in [6.45, 7) is 1.01. The standard InChI is InChI=1S/C35H36BrN3O5/c1-42-31-10-5-7-25(23-31)19-20-37-39-34(41)35(24-26-11-15-29(36)16-12-26)32(27-8-3-2-4-9-27)44-33(38-35)28-13-17-30(18-14-28)43-22-6-21-40/h2-5,7-18,23,32,37,40H,6,19-22,24H2,1H3,(H,39,41)/t32-,35-/m0/s1. The highest BCUT2D eigenvalue weighted by molar-refractivity contribution is 9.10. The molecule has 4 aromatic carbocycles. The number of aliphatic hydroxyl groups excluding tert-OH is 1. The number of rotatable bonds is 14. The summed E-state index contributed by atoms with van der Waals surface area (Å²) in [5.41, 5.74) is 8.38. The maximum Gasteiger partial charge on any atom is 0.266 e. The molecule has 0 fully saturated rings. The average molecular weight is 659 g/mol. The Bertz CT molecular complexity index is 1550. The maximum absolute atomic E-state index is 14.3. The molecule has 44 heavy (non-hydrogen) atoms. The number of aliphatic imine (C=N–C) groups is 1. The number of carbonyl (C=O) groups is 1. The van der Waals surface area contributed by atoms with Gasteiger partial charge in [0.25, 0.3) is 5.91 Å². The van der Waals surface area contributed by atoms with Crippen LogP contribution in [0, 0.1) is 0 Å². The molecule has 1 aliphatic rings. The van der Waals surface area contributed by atoms with E-state index in [1.807, 2.05) is 103 Å². The minimum absolute atomic E-state index is 0.0714. The fourth-order valence-electron chi connectivity index (χ4n) is 5.11. The Morgan fingerprint density at radius 3 is 2.45 bits per heavy atom. The van der Waals surface area contributed by atoms with Crippen LogP contribution in [0.2, 0.25) is 0 Å². The van der Waals surface area contributed by atoms with E-state index in [2.05, 4.69) is 26.8 Å². The molecule has 0 aliphatic carbocycles. The SMILES string of the molecule is COc1cccc(CCNNC(=O)[C@@]2(Cc3ccc(Br)cc3)N=C(c3ccc(OCCCO)cc3)O[C@H]2c2ccccc2)c1. The van der Waals surface area contributed by atoms with Crippen molar-refractivity contribution in [1.29, 1.82) is 0 Å². The maximum atomic E-state index is 14.3. The minimum atomic E-state index is -1.30. The number of hydrazine groups is 1. The van der Waals surface area contributed by atoms with Gasteiger partial charge in [-0.25, -0.2) is 10.4 Å². The highest BCUT2D eigenvalue weighted by atomic mass is 79.9. The van der Waals surface area contributed by atoms with E-state index in [4.69, 9.17) is 24.3 Å². The fraction of sp³-hybridized carbons (Fsp3) is 0.257. The van der Waals surface area contributed by atoms with Crippen molar-refractivity contribution in [1.82, 2.24) is 10.9 Å². The third-order valence-corrected chi connectivity index (χ3v) is 7.92. The highest BCUT2D eigenvalue weighted by Crippen LogP contribution is 2.42. The zero-order valence-corrected chi connectivity index (χ0v) is 26.1. The fourth-order valence-corrected chi connectivity index (χ4v) is 5.37. The zero-order chi connectivity index (χ0) is 30.8. The third-order valence-electron chi connectivity index (χ3n) is 7.39. The van der Waals surface area contributed by atoms with Crippen molar-refractivity contribution < 1.29 is 24.1 Å². The molecular formula is C35H36BrN3O5. The molecule has 0 unspecified atom stereocenters. The smallest absolute Gasteiger partial charge is 0.266 e. The Morgan fingerprint density at radius 2 is 1.73 bits per heavy atom. The second-order valence-electron chi connectivity index (χ2n) is 10.5. The number of halogens is 1. The number of hydrogen-bond acceptors (Lipinski definition) is 7. The predicted octanol–water partition coefficient (Wildman–Crippen LogP) is 5.58. The largest absolute Gasteiger partial charge is 0.497 e. The van der Waals surface area contributed by atoms with Gasteiger partial charge in [-0.15, -0.1) is 0 Å². The third kappa shape index (κ3) is 7.66. The molecule has 0 bridgehead atoms. The van der Waals surface area contributed by atoms with Gasteiger partial charge in [-0.1, -0.05) is 70.5 Å². The van der Waals surface area contributed by atoms with Crippen LogP contribution in [0.3, 0.4) is 0 Å². The number of methoxy groups -OCH3 is 1. The topological polar surface area (TPSA) is 101 Å². The normalized spacial score (nSPS) is 17.4. The second kappa shape index (κ2) is 15.0. The molecule has 9 heteroatoms. The van der Waals surface area contributed by atoms with Gasteiger partial charge in [-0.05, 0) is 71.6 Å². The molecule has 1 aliphatic heterocycles. The Morgan fingerprint density at radius 1 is 0.955 bits per heavy atom. The van der Waals surface area contributed by atoms with Gasteiger partial charge in [-0.3, -0.25) is 10.2 Å². The molecule has 0 saturated heterocycles. The van der Waals surface area contributed by atoms with Crippen molar-refractivity contribution in [3.05, 3.63) is 130 Å². The molecule has 3 N–H and O–H groups in total. The molecule has 0 spiro atoms. The molecule has 0 saturated carbocycles. The van der Waals surface area contributed by atoms with E-state index >= 15 is 0 Å². The summed E-state index contributed by atoms with van der Waals surface area (Å²) in [5, 5.41) is 9.05. The van der Waals surface area contributed by atoms with E-state index in [0.717, 1.165) is 32.5 Å². The number of hydrogen-bond donors (Lipinski definition) is 3. The number of ether oxygens (including phenoxy) is 3. The van der Waals surface area contributed by atoms with E-state index < -0.39 is 11.6 Å². The van der Waals surface area contributed by atoms with E-state index in [0.29, 0.717) is 44.1 Å². The first-order valence-electron chi connectivity index (χ1n) is 14.6. The molecule has 5 rings (SSSR count). The summed E-state index contributed by atoms with van der Waals surface area (Å²) in [7, 11) is 1.64. The minimum Gasteiger partial charge on any atom is -0.497 e. The second-order valence-corrected chi connectivity index (χ2v) is 11.4. The summed E-state index contributed by atoms with van der Waals surface area (Å²) in [6.07, 6.45) is 0.881. The summed E-state index contributed by atoms with van der Waals surface area (Å²) < 4.78 is 18.6. The number of aliphatic hydroxyl groups is 1. The molecule has 0 radical (unpaired) electrons. The Kier molecular flexibility index (Phi) is 10.7. The van der Waals surface area contributed by atoms with Crippen LogP contribution in [-0.4, -0.2) is 49.3 Å². The summed E-state index contributed by atoms with van der Waals surface area (Å²) in [4.78, 5) is 19.4. The van der Waals surface area contributed by atoms with E-state index in [1.165, 1.54) is 0 Å². The van der Waals surface area contributed by atoms with Crippen LogP contribution in [0.15, 0.2) is 113 Å². The van der Waals surface area contributed by atoms with Gasteiger partial charge in [0.05, 0.1) is 13.7 Å². The number of carbonyl (C=O) groups excluding carboxylic acids is 1. The van der Waals surface area contributed by atoms with Crippen LogP contribution in [0.25, 0.3) is 0 Å². The van der Waals surface area contributed by atoms with Crippen molar-refractivity contribution >= 4 is 27.7 Å². The Labute approximate surface area is 266 Å². The molecule has 0 aromatic heterocycles. The molecule has 228 valence electrons. The summed E-state index contributed by atoms with van der Waals surface area (Å²) >= 11 is 3.51. The van der Waals surface area contributed by atoms with Gasteiger partial charge in [0.1, 0.15) is 11.5 Å². The van der Waals surface area contributed by atoms with Gasteiger partial charge in [0.2, 0.25) is 5.90 Å². The lowest BCUT2D eigenvalue weighted by Gasteiger charge is -2.31. The first-order valence-corrected chi connectivity index (χ1v) is 15.4. The lowest BCUT2D eigenvalue weighted by atomic mass is 9.82. The number of nitrogens with zero attached hydrogens (tertiary/aromatic N) is 1. The van der Waals surface area contributed by atoms with Crippen molar-refractivity contribution in [2.24, 2.45) is 4.99 Å².